The number of hydrogen-bond acceptors (Lipinski definition) is 1. The van der Waals surface area contributed by atoms with Gasteiger partial charge in [-0.25, -0.2) is 8.78 Å². The third kappa shape index (κ3) is 2.83. The maximum absolute atomic E-state index is 13.6. The Morgan fingerprint density at radius 1 is 1.06 bits per heavy atom. The van der Waals surface area contributed by atoms with Gasteiger partial charge in [-0.3, -0.25) is 0 Å². The SMILES string of the molecule is NCC1CCCCC1Cc1c(F)cccc1F. The molecule has 0 heterocycles. The normalized spacial score (nSPS) is 24.9. The summed E-state index contributed by atoms with van der Waals surface area (Å²) < 4.78 is 27.1. The number of benzene rings is 1. The van der Waals surface area contributed by atoms with E-state index in [1.165, 1.54) is 24.6 Å². The molecule has 1 aliphatic rings. The number of rotatable bonds is 3. The van der Waals surface area contributed by atoms with Crippen molar-refractivity contribution in [2.75, 3.05) is 6.54 Å². The fourth-order valence-corrected chi connectivity index (χ4v) is 2.85. The highest BCUT2D eigenvalue weighted by atomic mass is 19.1. The number of nitrogens with two attached hydrogens (primary N) is 1. The molecular weight excluding hydrogens is 220 g/mol. The van der Waals surface area contributed by atoms with E-state index in [0.717, 1.165) is 19.3 Å². The molecule has 1 nitrogen and oxygen atoms in total. The maximum Gasteiger partial charge on any atom is 0.129 e. The van der Waals surface area contributed by atoms with Crippen molar-refractivity contribution in [3.05, 3.63) is 35.4 Å². The highest BCUT2D eigenvalue weighted by Crippen LogP contribution is 2.32. The van der Waals surface area contributed by atoms with Gasteiger partial charge in [-0.05, 0) is 49.8 Å². The second kappa shape index (κ2) is 5.58. The molecule has 1 fully saturated rings. The van der Waals surface area contributed by atoms with Crippen LogP contribution in [0.3, 0.4) is 0 Å². The summed E-state index contributed by atoms with van der Waals surface area (Å²) in [7, 11) is 0. The van der Waals surface area contributed by atoms with E-state index in [1.807, 2.05) is 0 Å². The molecule has 0 spiro atoms. The molecule has 0 aliphatic heterocycles. The molecule has 0 amide bonds. The lowest BCUT2D eigenvalue weighted by Gasteiger charge is -2.30. The van der Waals surface area contributed by atoms with Crippen LogP contribution in [-0.4, -0.2) is 6.54 Å². The van der Waals surface area contributed by atoms with E-state index in [9.17, 15) is 8.78 Å². The standard InChI is InChI=1S/C14H19F2N/c15-13-6-3-7-14(16)12(13)8-10-4-1-2-5-11(10)9-17/h3,6-7,10-11H,1-2,4-5,8-9,17H2. The summed E-state index contributed by atoms with van der Waals surface area (Å²) in [5.41, 5.74) is 5.97. The second-order valence-electron chi connectivity index (χ2n) is 4.94. The molecule has 17 heavy (non-hydrogen) atoms. The first-order valence-corrected chi connectivity index (χ1v) is 6.35. The lowest BCUT2D eigenvalue weighted by Crippen LogP contribution is -2.28. The molecule has 0 radical (unpaired) electrons. The van der Waals surface area contributed by atoms with E-state index < -0.39 is 11.6 Å². The van der Waals surface area contributed by atoms with Crippen LogP contribution in [0.5, 0.6) is 0 Å². The molecule has 94 valence electrons. The Balaban J connectivity index is 2.13. The zero-order chi connectivity index (χ0) is 12.3. The number of hydrogen-bond donors (Lipinski definition) is 1. The van der Waals surface area contributed by atoms with Crippen molar-refractivity contribution in [3.63, 3.8) is 0 Å². The minimum Gasteiger partial charge on any atom is -0.330 e. The van der Waals surface area contributed by atoms with Gasteiger partial charge in [0.2, 0.25) is 0 Å². The summed E-state index contributed by atoms with van der Waals surface area (Å²) in [6.45, 7) is 0.626. The van der Waals surface area contributed by atoms with Crippen molar-refractivity contribution in [1.29, 1.82) is 0 Å². The van der Waals surface area contributed by atoms with Crippen molar-refractivity contribution >= 4 is 0 Å². The minimum absolute atomic E-state index is 0.234. The average Bonchev–Trinajstić information content (AvgIpc) is 2.34. The molecule has 2 rings (SSSR count). The highest BCUT2D eigenvalue weighted by Gasteiger charge is 2.25. The van der Waals surface area contributed by atoms with Gasteiger partial charge in [-0.15, -0.1) is 0 Å². The third-order valence-electron chi connectivity index (χ3n) is 3.90. The second-order valence-corrected chi connectivity index (χ2v) is 4.94. The fourth-order valence-electron chi connectivity index (χ4n) is 2.85. The van der Waals surface area contributed by atoms with Crippen LogP contribution in [0.2, 0.25) is 0 Å². The van der Waals surface area contributed by atoms with Crippen LogP contribution in [0.15, 0.2) is 18.2 Å². The lowest BCUT2D eigenvalue weighted by molar-refractivity contribution is 0.238. The Morgan fingerprint density at radius 3 is 2.24 bits per heavy atom. The van der Waals surface area contributed by atoms with Gasteiger partial charge in [0, 0.05) is 5.56 Å². The van der Waals surface area contributed by atoms with E-state index in [4.69, 9.17) is 5.73 Å². The van der Waals surface area contributed by atoms with Crippen LogP contribution in [0.4, 0.5) is 8.78 Å². The Labute approximate surface area is 101 Å². The van der Waals surface area contributed by atoms with Gasteiger partial charge in [0.05, 0.1) is 0 Å². The summed E-state index contributed by atoms with van der Waals surface area (Å²) in [5.74, 6) is -0.0967. The first-order chi connectivity index (χ1) is 8.22. The van der Waals surface area contributed by atoms with E-state index in [2.05, 4.69) is 0 Å². The summed E-state index contributed by atoms with van der Waals surface area (Å²) in [4.78, 5) is 0. The van der Waals surface area contributed by atoms with Crippen molar-refractivity contribution in [1.82, 2.24) is 0 Å². The van der Waals surface area contributed by atoms with Crippen molar-refractivity contribution in [3.8, 4) is 0 Å². The van der Waals surface area contributed by atoms with Crippen molar-refractivity contribution in [2.45, 2.75) is 32.1 Å². The maximum atomic E-state index is 13.6. The Bertz CT molecular complexity index is 358. The summed E-state index contributed by atoms with van der Waals surface area (Å²) in [6, 6.07) is 4.08. The molecule has 1 aliphatic carbocycles. The zero-order valence-corrected chi connectivity index (χ0v) is 9.96. The smallest absolute Gasteiger partial charge is 0.129 e. The molecule has 1 aromatic rings. The van der Waals surface area contributed by atoms with Gasteiger partial charge in [0.15, 0.2) is 0 Å². The van der Waals surface area contributed by atoms with Crippen LogP contribution in [0.1, 0.15) is 31.2 Å². The Hall–Kier alpha value is -0.960. The third-order valence-corrected chi connectivity index (χ3v) is 3.90. The Kier molecular flexibility index (Phi) is 4.11. The first kappa shape index (κ1) is 12.5. The van der Waals surface area contributed by atoms with Crippen molar-refractivity contribution in [2.24, 2.45) is 17.6 Å². The van der Waals surface area contributed by atoms with E-state index in [0.29, 0.717) is 24.8 Å². The average molecular weight is 239 g/mol. The van der Waals surface area contributed by atoms with Gasteiger partial charge in [0.1, 0.15) is 11.6 Å². The largest absolute Gasteiger partial charge is 0.330 e. The van der Waals surface area contributed by atoms with E-state index in [1.54, 1.807) is 0 Å². The molecule has 1 aromatic carbocycles. The van der Waals surface area contributed by atoms with Crippen LogP contribution in [-0.2, 0) is 6.42 Å². The molecule has 2 atom stereocenters. The van der Waals surface area contributed by atoms with Gasteiger partial charge in [0.25, 0.3) is 0 Å². The zero-order valence-electron chi connectivity index (χ0n) is 9.96. The number of halogens is 2. The van der Waals surface area contributed by atoms with E-state index >= 15 is 0 Å². The quantitative estimate of drug-likeness (QED) is 0.860. The van der Waals surface area contributed by atoms with Crippen LogP contribution >= 0.6 is 0 Å². The molecule has 2 unspecified atom stereocenters. The van der Waals surface area contributed by atoms with Crippen LogP contribution in [0, 0.1) is 23.5 Å². The first-order valence-electron chi connectivity index (χ1n) is 6.35. The molecule has 1 saturated carbocycles. The predicted octanol–water partition coefficient (Wildman–Crippen LogP) is 3.27. The highest BCUT2D eigenvalue weighted by molar-refractivity contribution is 5.20. The molecule has 2 N–H and O–H groups in total. The van der Waals surface area contributed by atoms with Crippen LogP contribution in [0.25, 0.3) is 0 Å². The van der Waals surface area contributed by atoms with Crippen molar-refractivity contribution < 1.29 is 8.78 Å². The summed E-state index contributed by atoms with van der Waals surface area (Å²) in [6.07, 6.45) is 4.96. The molecule has 0 aromatic heterocycles. The van der Waals surface area contributed by atoms with Gasteiger partial charge >= 0.3 is 0 Å². The molecule has 3 heteroatoms. The van der Waals surface area contributed by atoms with Gasteiger partial charge in [-0.1, -0.05) is 18.9 Å². The molecule has 0 bridgehead atoms. The lowest BCUT2D eigenvalue weighted by atomic mass is 9.76. The molecular formula is C14H19F2N. The van der Waals surface area contributed by atoms with E-state index in [-0.39, 0.29) is 5.56 Å². The summed E-state index contributed by atoms with van der Waals surface area (Å²) in [5, 5.41) is 0. The Morgan fingerprint density at radius 2 is 1.65 bits per heavy atom. The van der Waals surface area contributed by atoms with Crippen LogP contribution < -0.4 is 5.73 Å². The molecule has 0 saturated heterocycles. The monoisotopic (exact) mass is 239 g/mol. The van der Waals surface area contributed by atoms with Gasteiger partial charge < -0.3 is 5.73 Å². The summed E-state index contributed by atoms with van der Waals surface area (Å²) >= 11 is 0. The fraction of sp³-hybridized carbons (Fsp3) is 0.571. The van der Waals surface area contributed by atoms with Gasteiger partial charge in [-0.2, -0.15) is 0 Å². The topological polar surface area (TPSA) is 26.0 Å². The predicted molar refractivity (Wildman–Crippen MR) is 64.6 cm³/mol. The minimum atomic E-state index is -0.425.